The fourth-order valence-electron chi connectivity index (χ4n) is 3.40. The average molecular weight is 289 g/mol. The zero-order valence-corrected chi connectivity index (χ0v) is 12.2. The molecule has 1 aromatic carbocycles. The summed E-state index contributed by atoms with van der Waals surface area (Å²) in [6.07, 6.45) is 2.95. The highest BCUT2D eigenvalue weighted by Gasteiger charge is 2.33. The van der Waals surface area contributed by atoms with Gasteiger partial charge in [0.05, 0.1) is 6.04 Å². The lowest BCUT2D eigenvalue weighted by Gasteiger charge is -2.38. The molecular formula is C16H23N3O2. The fraction of sp³-hybridized carbons (Fsp3) is 0.562. The number of nitrogens with two attached hydrogens (primary N) is 1. The molecule has 2 fully saturated rings. The molecule has 2 saturated heterocycles. The number of nitrogens with zero attached hydrogens (tertiary/aromatic N) is 2. The van der Waals surface area contributed by atoms with Crippen molar-refractivity contribution >= 4 is 5.91 Å². The molecule has 0 bridgehead atoms. The average Bonchev–Trinajstić information content (AvgIpc) is 2.96. The Morgan fingerprint density at radius 3 is 2.81 bits per heavy atom. The standard InChI is InChI=1S/C16H23N3O2/c17-15(10-12-3-5-14(20)6-4-12)16(21)19-9-8-18-7-1-2-13(18)11-19/h3-6,13,15,20H,1-2,7-11,17H2/t13?,15-/m1/s1. The molecule has 21 heavy (non-hydrogen) atoms. The largest absolute Gasteiger partial charge is 0.508 e. The van der Waals surface area contributed by atoms with Crippen molar-refractivity contribution in [3.63, 3.8) is 0 Å². The van der Waals surface area contributed by atoms with E-state index in [0.29, 0.717) is 12.5 Å². The van der Waals surface area contributed by atoms with Gasteiger partial charge < -0.3 is 15.7 Å². The van der Waals surface area contributed by atoms with Gasteiger partial charge in [-0.25, -0.2) is 0 Å². The predicted octanol–water partition coefficient (Wildman–Crippen LogP) is 0.569. The second-order valence-corrected chi connectivity index (χ2v) is 6.09. The highest BCUT2D eigenvalue weighted by atomic mass is 16.3. The molecule has 2 heterocycles. The van der Waals surface area contributed by atoms with Crippen LogP contribution in [0.1, 0.15) is 18.4 Å². The summed E-state index contributed by atoms with van der Waals surface area (Å²) in [5.41, 5.74) is 7.07. The smallest absolute Gasteiger partial charge is 0.239 e. The number of rotatable bonds is 3. The van der Waals surface area contributed by atoms with Crippen molar-refractivity contribution in [2.75, 3.05) is 26.2 Å². The van der Waals surface area contributed by atoms with E-state index in [9.17, 15) is 9.90 Å². The molecule has 0 aromatic heterocycles. The summed E-state index contributed by atoms with van der Waals surface area (Å²) in [4.78, 5) is 16.9. The number of aromatic hydroxyl groups is 1. The summed E-state index contributed by atoms with van der Waals surface area (Å²) < 4.78 is 0. The first-order valence-corrected chi connectivity index (χ1v) is 7.70. The minimum atomic E-state index is -0.498. The molecule has 1 amide bonds. The summed E-state index contributed by atoms with van der Waals surface area (Å²) >= 11 is 0. The monoisotopic (exact) mass is 289 g/mol. The first-order chi connectivity index (χ1) is 10.1. The number of carbonyl (C=O) groups is 1. The van der Waals surface area contributed by atoms with Crippen LogP contribution in [0.4, 0.5) is 0 Å². The van der Waals surface area contributed by atoms with Gasteiger partial charge in [0.15, 0.2) is 0 Å². The maximum atomic E-state index is 12.5. The first kappa shape index (κ1) is 14.4. The van der Waals surface area contributed by atoms with Gasteiger partial charge in [0.2, 0.25) is 5.91 Å². The molecule has 2 aliphatic rings. The van der Waals surface area contributed by atoms with E-state index >= 15 is 0 Å². The quantitative estimate of drug-likeness (QED) is 0.853. The number of benzene rings is 1. The molecule has 2 atom stereocenters. The number of piperazine rings is 1. The molecule has 1 aromatic rings. The van der Waals surface area contributed by atoms with Crippen LogP contribution in [0.25, 0.3) is 0 Å². The minimum absolute atomic E-state index is 0.0506. The Kier molecular flexibility index (Phi) is 4.12. The second kappa shape index (κ2) is 6.03. The van der Waals surface area contributed by atoms with Gasteiger partial charge in [-0.05, 0) is 43.5 Å². The van der Waals surface area contributed by atoms with Crippen molar-refractivity contribution in [3.05, 3.63) is 29.8 Å². The van der Waals surface area contributed by atoms with Gasteiger partial charge in [-0.3, -0.25) is 9.69 Å². The lowest BCUT2D eigenvalue weighted by Crippen LogP contribution is -2.56. The Balaban J connectivity index is 1.58. The topological polar surface area (TPSA) is 69.8 Å². The van der Waals surface area contributed by atoms with Crippen LogP contribution in [0.2, 0.25) is 0 Å². The maximum Gasteiger partial charge on any atom is 0.239 e. The molecule has 2 aliphatic heterocycles. The molecule has 0 saturated carbocycles. The third-order valence-electron chi connectivity index (χ3n) is 4.61. The number of fused-ring (bicyclic) bond motifs is 1. The van der Waals surface area contributed by atoms with Crippen molar-refractivity contribution in [1.82, 2.24) is 9.80 Å². The van der Waals surface area contributed by atoms with E-state index in [-0.39, 0.29) is 11.7 Å². The number of hydrogen-bond acceptors (Lipinski definition) is 4. The lowest BCUT2D eigenvalue weighted by atomic mass is 10.0. The summed E-state index contributed by atoms with van der Waals surface area (Å²) in [5.74, 6) is 0.283. The van der Waals surface area contributed by atoms with Crippen molar-refractivity contribution in [1.29, 1.82) is 0 Å². The summed E-state index contributed by atoms with van der Waals surface area (Å²) in [5, 5.41) is 9.28. The van der Waals surface area contributed by atoms with Crippen molar-refractivity contribution < 1.29 is 9.90 Å². The molecule has 114 valence electrons. The fourth-order valence-corrected chi connectivity index (χ4v) is 3.40. The Labute approximate surface area is 125 Å². The van der Waals surface area contributed by atoms with Crippen LogP contribution in [-0.2, 0) is 11.2 Å². The summed E-state index contributed by atoms with van der Waals surface area (Å²) in [7, 11) is 0. The number of amides is 1. The van der Waals surface area contributed by atoms with Crippen LogP contribution in [-0.4, -0.2) is 59.1 Å². The molecule has 3 N–H and O–H groups in total. The third-order valence-corrected chi connectivity index (χ3v) is 4.61. The molecule has 0 aliphatic carbocycles. The minimum Gasteiger partial charge on any atom is -0.508 e. The molecule has 5 nitrogen and oxygen atoms in total. The molecule has 5 heteroatoms. The van der Waals surface area contributed by atoms with Crippen LogP contribution in [0.3, 0.4) is 0 Å². The molecular weight excluding hydrogens is 266 g/mol. The zero-order chi connectivity index (χ0) is 14.8. The Morgan fingerprint density at radius 2 is 2.05 bits per heavy atom. The number of phenols is 1. The summed E-state index contributed by atoms with van der Waals surface area (Å²) in [6.45, 7) is 3.76. The van der Waals surface area contributed by atoms with Crippen molar-refractivity contribution in [2.45, 2.75) is 31.3 Å². The van der Waals surface area contributed by atoms with Crippen LogP contribution in [0.15, 0.2) is 24.3 Å². The van der Waals surface area contributed by atoms with E-state index in [1.54, 1.807) is 12.1 Å². The van der Waals surface area contributed by atoms with E-state index in [0.717, 1.165) is 25.2 Å². The number of hydrogen-bond donors (Lipinski definition) is 2. The van der Waals surface area contributed by atoms with Crippen LogP contribution in [0.5, 0.6) is 5.75 Å². The van der Waals surface area contributed by atoms with Gasteiger partial charge >= 0.3 is 0 Å². The number of phenolic OH excluding ortho intramolecular Hbond substituents is 1. The van der Waals surface area contributed by atoms with Crippen LogP contribution in [0, 0.1) is 0 Å². The van der Waals surface area contributed by atoms with Crippen molar-refractivity contribution in [2.24, 2.45) is 5.73 Å². The zero-order valence-electron chi connectivity index (χ0n) is 12.2. The van der Waals surface area contributed by atoms with Gasteiger partial charge in [0.1, 0.15) is 5.75 Å². The van der Waals surface area contributed by atoms with Gasteiger partial charge in [-0.2, -0.15) is 0 Å². The van der Waals surface area contributed by atoms with Gasteiger partial charge in [-0.1, -0.05) is 12.1 Å². The van der Waals surface area contributed by atoms with Gasteiger partial charge in [0, 0.05) is 25.7 Å². The van der Waals surface area contributed by atoms with E-state index in [2.05, 4.69) is 4.90 Å². The van der Waals surface area contributed by atoms with E-state index in [1.807, 2.05) is 17.0 Å². The Morgan fingerprint density at radius 1 is 1.29 bits per heavy atom. The molecule has 1 unspecified atom stereocenters. The van der Waals surface area contributed by atoms with Crippen LogP contribution < -0.4 is 5.73 Å². The highest BCUT2D eigenvalue weighted by molar-refractivity contribution is 5.82. The predicted molar refractivity (Wildman–Crippen MR) is 81.0 cm³/mol. The second-order valence-electron chi connectivity index (χ2n) is 6.09. The van der Waals surface area contributed by atoms with Gasteiger partial charge in [0.25, 0.3) is 0 Å². The molecule has 0 spiro atoms. The molecule has 0 radical (unpaired) electrons. The summed E-state index contributed by atoms with van der Waals surface area (Å²) in [6, 6.07) is 6.92. The Hall–Kier alpha value is -1.59. The normalized spacial score (nSPS) is 23.9. The Bertz CT molecular complexity index is 503. The van der Waals surface area contributed by atoms with E-state index in [1.165, 1.54) is 19.4 Å². The first-order valence-electron chi connectivity index (χ1n) is 7.70. The van der Waals surface area contributed by atoms with E-state index < -0.39 is 6.04 Å². The lowest BCUT2D eigenvalue weighted by molar-refractivity contribution is -0.135. The van der Waals surface area contributed by atoms with Gasteiger partial charge in [-0.15, -0.1) is 0 Å². The third kappa shape index (κ3) is 3.19. The number of carbonyl (C=O) groups excluding carboxylic acids is 1. The molecule has 3 rings (SSSR count). The van der Waals surface area contributed by atoms with Crippen molar-refractivity contribution in [3.8, 4) is 5.75 Å². The SMILES string of the molecule is N[C@H](Cc1ccc(O)cc1)C(=O)N1CCN2CCCC2C1. The maximum absolute atomic E-state index is 12.5. The highest BCUT2D eigenvalue weighted by Crippen LogP contribution is 2.22. The van der Waals surface area contributed by atoms with E-state index in [4.69, 9.17) is 5.73 Å². The van der Waals surface area contributed by atoms with Crippen LogP contribution >= 0.6 is 0 Å².